The molecule has 1 aromatic carbocycles. The van der Waals surface area contributed by atoms with E-state index in [0.29, 0.717) is 11.4 Å². The van der Waals surface area contributed by atoms with Crippen molar-refractivity contribution in [1.82, 2.24) is 25.6 Å². The SMILES string of the molecule is COc1ccc(OP(C)(=O)ONC(=O)c2cnc(-c3cccnn3)nc2O)cc1. The van der Waals surface area contributed by atoms with Crippen molar-refractivity contribution >= 4 is 13.5 Å². The lowest BCUT2D eigenvalue weighted by Gasteiger charge is -2.15. The van der Waals surface area contributed by atoms with Crippen LogP contribution in [-0.4, -0.2) is 45.0 Å². The van der Waals surface area contributed by atoms with Gasteiger partial charge in [0.25, 0.3) is 5.91 Å². The first-order valence-corrected chi connectivity index (χ1v) is 10.1. The molecule has 12 heteroatoms. The van der Waals surface area contributed by atoms with Gasteiger partial charge < -0.3 is 14.4 Å². The Hall–Kier alpha value is -3.56. The number of hydrogen-bond donors (Lipinski definition) is 2. The minimum absolute atomic E-state index is 0.0806. The van der Waals surface area contributed by atoms with Crippen LogP contribution in [-0.2, 0) is 9.19 Å². The summed E-state index contributed by atoms with van der Waals surface area (Å²) in [5, 5.41) is 17.5. The van der Waals surface area contributed by atoms with Crippen molar-refractivity contribution in [3.63, 3.8) is 0 Å². The highest BCUT2D eigenvalue weighted by Crippen LogP contribution is 2.43. The zero-order chi connectivity index (χ0) is 20.9. The molecule has 0 aliphatic carbocycles. The van der Waals surface area contributed by atoms with Gasteiger partial charge in [-0.05, 0) is 36.4 Å². The first-order valence-electron chi connectivity index (χ1n) is 8.12. The molecule has 0 fully saturated rings. The number of benzene rings is 1. The molecule has 29 heavy (non-hydrogen) atoms. The fourth-order valence-electron chi connectivity index (χ4n) is 2.10. The zero-order valence-electron chi connectivity index (χ0n) is 15.3. The molecular weight excluding hydrogens is 401 g/mol. The van der Waals surface area contributed by atoms with Crippen LogP contribution >= 0.6 is 7.60 Å². The molecule has 0 radical (unpaired) electrons. The fraction of sp³-hybridized carbons (Fsp3) is 0.118. The van der Waals surface area contributed by atoms with Gasteiger partial charge in [-0.1, -0.05) is 0 Å². The van der Waals surface area contributed by atoms with Crippen LogP contribution in [0.1, 0.15) is 10.4 Å². The normalized spacial score (nSPS) is 12.6. The van der Waals surface area contributed by atoms with Gasteiger partial charge in [-0.15, -0.1) is 5.10 Å². The van der Waals surface area contributed by atoms with Gasteiger partial charge in [0.1, 0.15) is 22.8 Å². The lowest BCUT2D eigenvalue weighted by molar-refractivity contribution is 0.0735. The summed E-state index contributed by atoms with van der Waals surface area (Å²) in [6.07, 6.45) is 2.55. The Bertz CT molecular complexity index is 1050. The van der Waals surface area contributed by atoms with E-state index in [4.69, 9.17) is 13.9 Å². The number of nitrogens with one attached hydrogen (secondary N) is 1. The van der Waals surface area contributed by atoms with Gasteiger partial charge in [-0.25, -0.2) is 15.0 Å². The van der Waals surface area contributed by atoms with Crippen LogP contribution in [0.3, 0.4) is 0 Å². The lowest BCUT2D eigenvalue weighted by atomic mass is 10.3. The minimum Gasteiger partial charge on any atom is -0.497 e. The quantitative estimate of drug-likeness (QED) is 0.433. The average Bonchev–Trinajstić information content (AvgIpc) is 2.73. The second-order valence-electron chi connectivity index (χ2n) is 5.60. The molecule has 3 aromatic rings. The molecular formula is C17H16N5O6P. The van der Waals surface area contributed by atoms with Gasteiger partial charge in [0, 0.05) is 12.4 Å². The molecule has 0 bridgehead atoms. The molecule has 0 saturated heterocycles. The van der Waals surface area contributed by atoms with Crippen molar-refractivity contribution in [2.45, 2.75) is 0 Å². The van der Waals surface area contributed by atoms with Crippen molar-refractivity contribution in [2.75, 3.05) is 13.8 Å². The van der Waals surface area contributed by atoms with Crippen LogP contribution < -0.4 is 14.7 Å². The first-order chi connectivity index (χ1) is 13.9. The maximum Gasteiger partial charge on any atom is 0.397 e. The second-order valence-corrected chi connectivity index (χ2v) is 7.51. The number of carbonyl (C=O) groups excluding carboxylic acids is 1. The number of aromatic hydroxyl groups is 1. The number of carbonyl (C=O) groups is 1. The molecule has 150 valence electrons. The topological polar surface area (TPSA) is 146 Å². The summed E-state index contributed by atoms with van der Waals surface area (Å²) in [6.45, 7) is 1.17. The summed E-state index contributed by atoms with van der Waals surface area (Å²) in [7, 11) is -2.19. The van der Waals surface area contributed by atoms with Gasteiger partial charge in [-0.2, -0.15) is 14.7 Å². The lowest BCUT2D eigenvalue weighted by Crippen LogP contribution is -2.24. The summed E-state index contributed by atoms with van der Waals surface area (Å²) < 4.78 is 27.6. The predicted molar refractivity (Wildman–Crippen MR) is 100 cm³/mol. The molecule has 2 heterocycles. The highest BCUT2D eigenvalue weighted by molar-refractivity contribution is 7.53. The van der Waals surface area contributed by atoms with Crippen LogP contribution in [0.4, 0.5) is 0 Å². The summed E-state index contributed by atoms with van der Waals surface area (Å²) >= 11 is 0. The molecule has 0 saturated carbocycles. The number of nitrogens with zero attached hydrogens (tertiary/aromatic N) is 4. The second kappa shape index (κ2) is 8.63. The van der Waals surface area contributed by atoms with Crippen molar-refractivity contribution in [3.8, 4) is 28.9 Å². The van der Waals surface area contributed by atoms with E-state index in [2.05, 4.69) is 20.2 Å². The van der Waals surface area contributed by atoms with E-state index in [9.17, 15) is 14.5 Å². The number of aromatic nitrogens is 4. The number of ether oxygens (including phenoxy) is 1. The molecule has 0 spiro atoms. The van der Waals surface area contributed by atoms with E-state index < -0.39 is 19.4 Å². The number of rotatable bonds is 7. The Morgan fingerprint density at radius 1 is 1.17 bits per heavy atom. The van der Waals surface area contributed by atoms with Crippen molar-refractivity contribution < 1.29 is 28.4 Å². The Labute approximate surface area is 165 Å². The Morgan fingerprint density at radius 3 is 2.52 bits per heavy atom. The Balaban J connectivity index is 1.64. The highest BCUT2D eigenvalue weighted by atomic mass is 31.2. The fourth-order valence-corrected chi connectivity index (χ4v) is 2.89. The largest absolute Gasteiger partial charge is 0.497 e. The number of hydrogen-bond acceptors (Lipinski definition) is 10. The van der Waals surface area contributed by atoms with Crippen molar-refractivity contribution in [2.24, 2.45) is 0 Å². The zero-order valence-corrected chi connectivity index (χ0v) is 16.2. The number of methoxy groups -OCH3 is 1. The van der Waals surface area contributed by atoms with Crippen LogP contribution in [0.2, 0.25) is 0 Å². The minimum atomic E-state index is -3.70. The molecule has 1 amide bonds. The standard InChI is InChI=1S/C17H16N5O6P/c1-26-11-5-7-12(8-6-11)27-29(2,25)28-22-17(24)13-10-18-15(20-16(13)23)14-4-3-9-19-21-14/h3-10H,1-2H3,(H,22,24)(H,18,20,23). The van der Waals surface area contributed by atoms with E-state index in [1.807, 2.05) is 5.48 Å². The number of hydroxylamine groups is 1. The van der Waals surface area contributed by atoms with Crippen LogP contribution in [0, 0.1) is 0 Å². The van der Waals surface area contributed by atoms with Gasteiger partial charge in [0.15, 0.2) is 5.82 Å². The van der Waals surface area contributed by atoms with Crippen LogP contribution in [0.15, 0.2) is 48.8 Å². The molecule has 0 aliphatic heterocycles. The van der Waals surface area contributed by atoms with E-state index in [0.717, 1.165) is 6.20 Å². The maximum absolute atomic E-state index is 12.4. The summed E-state index contributed by atoms with van der Waals surface area (Å²) in [4.78, 5) is 20.0. The van der Waals surface area contributed by atoms with E-state index >= 15 is 0 Å². The highest BCUT2D eigenvalue weighted by Gasteiger charge is 2.23. The molecule has 2 N–H and O–H groups in total. The maximum atomic E-state index is 12.4. The number of amides is 1. The van der Waals surface area contributed by atoms with Crippen LogP contribution in [0.25, 0.3) is 11.5 Å². The van der Waals surface area contributed by atoms with E-state index in [-0.39, 0.29) is 17.1 Å². The predicted octanol–water partition coefficient (Wildman–Crippen LogP) is 2.21. The van der Waals surface area contributed by atoms with Gasteiger partial charge >= 0.3 is 7.60 Å². The third-order valence-electron chi connectivity index (χ3n) is 3.45. The molecule has 2 aromatic heterocycles. The van der Waals surface area contributed by atoms with Gasteiger partial charge in [0.05, 0.1) is 13.8 Å². The third-order valence-corrected chi connectivity index (χ3v) is 4.41. The Morgan fingerprint density at radius 2 is 1.90 bits per heavy atom. The van der Waals surface area contributed by atoms with Gasteiger partial charge in [-0.3, -0.25) is 4.79 Å². The summed E-state index contributed by atoms with van der Waals surface area (Å²) in [6, 6.07) is 9.51. The summed E-state index contributed by atoms with van der Waals surface area (Å²) in [5.41, 5.74) is 1.99. The average molecular weight is 417 g/mol. The van der Waals surface area contributed by atoms with Crippen molar-refractivity contribution in [1.29, 1.82) is 0 Å². The molecule has 1 unspecified atom stereocenters. The molecule has 11 nitrogen and oxygen atoms in total. The first kappa shape index (κ1) is 20.2. The van der Waals surface area contributed by atoms with E-state index in [1.165, 1.54) is 32.1 Å². The Kier molecular flexibility index (Phi) is 6.01. The van der Waals surface area contributed by atoms with Crippen molar-refractivity contribution in [3.05, 3.63) is 54.4 Å². The third kappa shape index (κ3) is 5.24. The van der Waals surface area contributed by atoms with Gasteiger partial charge in [0.2, 0.25) is 5.88 Å². The van der Waals surface area contributed by atoms with Crippen LogP contribution in [0.5, 0.6) is 17.4 Å². The van der Waals surface area contributed by atoms with E-state index in [1.54, 1.807) is 24.3 Å². The molecule has 0 aliphatic rings. The molecule has 1 atom stereocenters. The smallest absolute Gasteiger partial charge is 0.397 e. The molecule has 3 rings (SSSR count). The summed E-state index contributed by atoms with van der Waals surface area (Å²) in [5.74, 6) is -0.585. The monoisotopic (exact) mass is 417 g/mol.